The minimum Gasteiger partial charge on any atom is -0.338 e. The van der Waals surface area contributed by atoms with Gasteiger partial charge in [0.05, 0.1) is 29.7 Å². The van der Waals surface area contributed by atoms with Crippen LogP contribution in [-0.4, -0.2) is 53.9 Å². The van der Waals surface area contributed by atoms with E-state index in [0.29, 0.717) is 32.5 Å². The molecule has 1 aliphatic rings. The van der Waals surface area contributed by atoms with Crippen molar-refractivity contribution in [1.29, 1.82) is 0 Å². The van der Waals surface area contributed by atoms with Gasteiger partial charge in [0, 0.05) is 19.5 Å². The Morgan fingerprint density at radius 2 is 2.04 bits per heavy atom. The van der Waals surface area contributed by atoms with E-state index in [1.54, 1.807) is 28.0 Å². The van der Waals surface area contributed by atoms with Gasteiger partial charge in [-0.15, -0.1) is 5.10 Å². The molecule has 0 bridgehead atoms. The third-order valence-electron chi connectivity index (χ3n) is 4.53. The Morgan fingerprint density at radius 3 is 2.78 bits per heavy atom. The highest BCUT2D eigenvalue weighted by atomic mass is 35.5. The maximum atomic E-state index is 13.4. The van der Waals surface area contributed by atoms with Crippen LogP contribution in [0.2, 0.25) is 5.02 Å². The number of amides is 1. The van der Waals surface area contributed by atoms with Crippen LogP contribution in [0.3, 0.4) is 0 Å². The number of halogens is 2. The Labute approximate surface area is 159 Å². The van der Waals surface area contributed by atoms with E-state index in [1.807, 2.05) is 6.20 Å². The summed E-state index contributed by atoms with van der Waals surface area (Å²) in [6, 6.07) is 4.74. The third-order valence-corrected chi connectivity index (χ3v) is 4.83. The molecule has 0 spiro atoms. The van der Waals surface area contributed by atoms with Crippen molar-refractivity contribution in [3.63, 3.8) is 0 Å². The summed E-state index contributed by atoms with van der Waals surface area (Å²) in [6.07, 6.45) is 5.89. The Morgan fingerprint density at radius 1 is 1.26 bits per heavy atom. The number of rotatable bonds is 6. The number of likely N-dealkylation sites (tertiary alicyclic amines) is 1. The minimum absolute atomic E-state index is 0.0442. The first-order valence-corrected chi connectivity index (χ1v) is 8.93. The molecule has 3 aromatic rings. The standard InChI is InChI=1S/C17H17ClFN7O/c18-15-3-1-12(7-16(15)19)2-4-17(27)24-10-14(11-24)25-8-13(22-23-25)9-26-20-5-6-21-26/h1,3,5-8,14H,2,4,9-11H2. The van der Waals surface area contributed by atoms with Gasteiger partial charge in [0.1, 0.15) is 18.1 Å². The van der Waals surface area contributed by atoms with Gasteiger partial charge in [-0.05, 0) is 24.1 Å². The average molecular weight is 390 g/mol. The highest BCUT2D eigenvalue weighted by Gasteiger charge is 2.32. The number of hydrogen-bond acceptors (Lipinski definition) is 5. The summed E-state index contributed by atoms with van der Waals surface area (Å²) >= 11 is 5.67. The van der Waals surface area contributed by atoms with E-state index in [1.165, 1.54) is 16.9 Å². The van der Waals surface area contributed by atoms with Crippen molar-refractivity contribution < 1.29 is 9.18 Å². The van der Waals surface area contributed by atoms with Crippen molar-refractivity contribution >= 4 is 17.5 Å². The highest BCUT2D eigenvalue weighted by molar-refractivity contribution is 6.30. The fraction of sp³-hybridized carbons (Fsp3) is 0.353. The second kappa shape index (κ2) is 7.43. The van der Waals surface area contributed by atoms with Crippen LogP contribution in [0.4, 0.5) is 4.39 Å². The van der Waals surface area contributed by atoms with Crippen molar-refractivity contribution in [2.45, 2.75) is 25.4 Å². The molecule has 0 radical (unpaired) electrons. The first-order valence-electron chi connectivity index (χ1n) is 8.55. The van der Waals surface area contributed by atoms with Crippen LogP contribution >= 0.6 is 11.6 Å². The number of carbonyl (C=O) groups excluding carboxylic acids is 1. The number of aromatic nitrogens is 6. The number of aryl methyl sites for hydroxylation is 1. The molecule has 0 atom stereocenters. The SMILES string of the molecule is O=C(CCc1ccc(Cl)c(F)c1)N1CC(n2cc(Cn3nccn3)nn2)C1. The highest BCUT2D eigenvalue weighted by Crippen LogP contribution is 2.22. The maximum absolute atomic E-state index is 13.4. The smallest absolute Gasteiger partial charge is 0.223 e. The summed E-state index contributed by atoms with van der Waals surface area (Å²) in [7, 11) is 0. The average Bonchev–Trinajstić information content (AvgIpc) is 3.27. The molecule has 8 nitrogen and oxygen atoms in total. The van der Waals surface area contributed by atoms with Gasteiger partial charge in [-0.25, -0.2) is 9.07 Å². The van der Waals surface area contributed by atoms with Crippen LogP contribution in [0.1, 0.15) is 23.7 Å². The van der Waals surface area contributed by atoms with Gasteiger partial charge in [-0.1, -0.05) is 22.9 Å². The molecule has 4 rings (SSSR count). The van der Waals surface area contributed by atoms with Crippen LogP contribution in [0.15, 0.2) is 36.8 Å². The number of benzene rings is 1. The first kappa shape index (κ1) is 17.6. The third kappa shape index (κ3) is 3.97. The van der Waals surface area contributed by atoms with Gasteiger partial charge in [-0.3, -0.25) is 4.79 Å². The second-order valence-corrected chi connectivity index (χ2v) is 6.86. The van der Waals surface area contributed by atoms with Crippen LogP contribution in [-0.2, 0) is 17.8 Å². The van der Waals surface area contributed by atoms with E-state index in [-0.39, 0.29) is 17.0 Å². The summed E-state index contributed by atoms with van der Waals surface area (Å²) < 4.78 is 15.2. The Bertz CT molecular complexity index is 937. The molecule has 1 aliphatic heterocycles. The van der Waals surface area contributed by atoms with Crippen LogP contribution < -0.4 is 0 Å². The lowest BCUT2D eigenvalue weighted by Gasteiger charge is -2.39. The lowest BCUT2D eigenvalue weighted by atomic mass is 10.1. The van der Waals surface area contributed by atoms with Gasteiger partial charge in [-0.2, -0.15) is 15.0 Å². The number of carbonyl (C=O) groups is 1. The number of hydrogen-bond donors (Lipinski definition) is 0. The van der Waals surface area contributed by atoms with Gasteiger partial charge in [0.15, 0.2) is 0 Å². The Balaban J connectivity index is 1.26. The van der Waals surface area contributed by atoms with Crippen LogP contribution in [0, 0.1) is 5.82 Å². The van der Waals surface area contributed by atoms with E-state index in [0.717, 1.165) is 11.3 Å². The van der Waals surface area contributed by atoms with Crippen molar-refractivity contribution in [3.8, 4) is 0 Å². The van der Waals surface area contributed by atoms with Crippen LogP contribution in [0.25, 0.3) is 0 Å². The monoisotopic (exact) mass is 389 g/mol. The molecule has 0 aliphatic carbocycles. The summed E-state index contributed by atoms with van der Waals surface area (Å²) in [4.78, 5) is 15.6. The zero-order valence-corrected chi connectivity index (χ0v) is 15.1. The quantitative estimate of drug-likeness (QED) is 0.641. The molecule has 1 saturated heterocycles. The van der Waals surface area contributed by atoms with Gasteiger partial charge >= 0.3 is 0 Å². The molecule has 0 saturated carbocycles. The molecule has 1 amide bonds. The maximum Gasteiger partial charge on any atom is 0.223 e. The summed E-state index contributed by atoms with van der Waals surface area (Å²) in [5, 5.41) is 16.4. The summed E-state index contributed by atoms with van der Waals surface area (Å²) in [5.41, 5.74) is 1.52. The van der Waals surface area contributed by atoms with E-state index in [4.69, 9.17) is 11.6 Å². The fourth-order valence-electron chi connectivity index (χ4n) is 2.96. The Kier molecular flexibility index (Phi) is 4.85. The topological polar surface area (TPSA) is 81.7 Å². The van der Waals surface area contributed by atoms with Crippen molar-refractivity contribution in [3.05, 3.63) is 58.9 Å². The molecular weight excluding hydrogens is 373 g/mol. The summed E-state index contributed by atoms with van der Waals surface area (Å²) in [6.45, 7) is 1.65. The molecule has 0 N–H and O–H groups in total. The lowest BCUT2D eigenvalue weighted by Crippen LogP contribution is -2.51. The van der Waals surface area contributed by atoms with E-state index >= 15 is 0 Å². The molecule has 27 heavy (non-hydrogen) atoms. The fourth-order valence-corrected chi connectivity index (χ4v) is 3.08. The van der Waals surface area contributed by atoms with Gasteiger partial charge < -0.3 is 4.90 Å². The largest absolute Gasteiger partial charge is 0.338 e. The predicted molar refractivity (Wildman–Crippen MR) is 94.5 cm³/mol. The van der Waals surface area contributed by atoms with Gasteiger partial charge in [0.2, 0.25) is 5.91 Å². The molecule has 3 heterocycles. The number of nitrogens with zero attached hydrogens (tertiary/aromatic N) is 7. The Hall–Kier alpha value is -2.81. The van der Waals surface area contributed by atoms with E-state index in [2.05, 4.69) is 20.5 Å². The molecule has 140 valence electrons. The van der Waals surface area contributed by atoms with Crippen molar-refractivity contribution in [2.75, 3.05) is 13.1 Å². The minimum atomic E-state index is -0.460. The molecule has 0 unspecified atom stereocenters. The van der Waals surface area contributed by atoms with Crippen molar-refractivity contribution in [1.82, 2.24) is 34.9 Å². The predicted octanol–water partition coefficient (Wildman–Crippen LogP) is 1.73. The molecule has 2 aromatic heterocycles. The van der Waals surface area contributed by atoms with Crippen molar-refractivity contribution in [2.24, 2.45) is 0 Å². The van der Waals surface area contributed by atoms with Gasteiger partial charge in [0.25, 0.3) is 0 Å². The van der Waals surface area contributed by atoms with E-state index in [9.17, 15) is 9.18 Å². The normalized spacial score (nSPS) is 14.4. The summed E-state index contributed by atoms with van der Waals surface area (Å²) in [5.74, 6) is -0.416. The molecular formula is C17H17ClFN7O. The zero-order chi connectivity index (χ0) is 18.8. The zero-order valence-electron chi connectivity index (χ0n) is 14.4. The molecule has 10 heteroatoms. The molecule has 1 aromatic carbocycles. The van der Waals surface area contributed by atoms with Crippen LogP contribution in [0.5, 0.6) is 0 Å². The second-order valence-electron chi connectivity index (χ2n) is 6.45. The van der Waals surface area contributed by atoms with E-state index < -0.39 is 5.82 Å². The molecule has 1 fully saturated rings. The lowest BCUT2D eigenvalue weighted by molar-refractivity contribution is -0.137. The first-order chi connectivity index (χ1) is 13.1.